The van der Waals surface area contributed by atoms with Gasteiger partial charge in [0.1, 0.15) is 5.75 Å². The second kappa shape index (κ2) is 8.13. The van der Waals surface area contributed by atoms with Crippen LogP contribution in [0.2, 0.25) is 0 Å². The van der Waals surface area contributed by atoms with Crippen LogP contribution in [0.15, 0.2) is 53.0 Å². The van der Waals surface area contributed by atoms with Gasteiger partial charge >= 0.3 is 0 Å². The van der Waals surface area contributed by atoms with E-state index in [1.807, 2.05) is 67.3 Å². The predicted molar refractivity (Wildman–Crippen MR) is 117 cm³/mol. The Labute approximate surface area is 178 Å². The van der Waals surface area contributed by atoms with Crippen LogP contribution >= 0.6 is 15.9 Å². The van der Waals surface area contributed by atoms with Crippen LogP contribution in [0.3, 0.4) is 0 Å². The van der Waals surface area contributed by atoms with Crippen LogP contribution in [-0.4, -0.2) is 48.2 Å². The summed E-state index contributed by atoms with van der Waals surface area (Å²) in [7, 11) is 1.64. The van der Waals surface area contributed by atoms with Gasteiger partial charge in [0, 0.05) is 28.5 Å². The number of methoxy groups -OCH3 is 1. The number of hydrogen-bond acceptors (Lipinski definition) is 4. The Kier molecular flexibility index (Phi) is 5.56. The van der Waals surface area contributed by atoms with Crippen LogP contribution in [-0.2, 0) is 4.74 Å². The fourth-order valence-corrected chi connectivity index (χ4v) is 4.16. The highest BCUT2D eigenvalue weighted by atomic mass is 79.9. The number of aromatic nitrogens is 1. The Balaban J connectivity index is 1.82. The van der Waals surface area contributed by atoms with E-state index in [-0.39, 0.29) is 18.1 Å². The van der Waals surface area contributed by atoms with Crippen LogP contribution < -0.4 is 4.74 Å². The van der Waals surface area contributed by atoms with Crippen LogP contribution in [0, 0.1) is 0 Å². The van der Waals surface area contributed by atoms with Crippen molar-refractivity contribution in [3.63, 3.8) is 0 Å². The first-order chi connectivity index (χ1) is 13.9. The molecule has 29 heavy (non-hydrogen) atoms. The molecule has 1 amide bonds. The largest absolute Gasteiger partial charge is 0.497 e. The van der Waals surface area contributed by atoms with Gasteiger partial charge in [-0.25, -0.2) is 4.98 Å². The number of rotatable bonds is 3. The molecule has 2 heterocycles. The highest BCUT2D eigenvalue weighted by Gasteiger charge is 2.28. The monoisotopic (exact) mass is 454 g/mol. The lowest BCUT2D eigenvalue weighted by atomic mass is 10.0. The average Bonchev–Trinajstić information content (AvgIpc) is 2.72. The lowest BCUT2D eigenvalue weighted by molar-refractivity contribution is -0.0585. The third kappa shape index (κ3) is 4.14. The lowest BCUT2D eigenvalue weighted by Crippen LogP contribution is -2.48. The van der Waals surface area contributed by atoms with Gasteiger partial charge in [0.05, 0.1) is 36.1 Å². The number of fused-ring (bicyclic) bond motifs is 1. The van der Waals surface area contributed by atoms with Gasteiger partial charge in [-0.15, -0.1) is 0 Å². The van der Waals surface area contributed by atoms with Gasteiger partial charge < -0.3 is 14.4 Å². The topological polar surface area (TPSA) is 51.7 Å². The van der Waals surface area contributed by atoms with E-state index in [2.05, 4.69) is 15.9 Å². The normalized spacial score (nSPS) is 19.4. The smallest absolute Gasteiger partial charge is 0.254 e. The molecule has 150 valence electrons. The molecule has 1 aliphatic heterocycles. The number of amides is 1. The summed E-state index contributed by atoms with van der Waals surface area (Å²) in [5, 5.41) is 0.841. The van der Waals surface area contributed by atoms with Crippen LogP contribution in [0.1, 0.15) is 24.2 Å². The number of hydrogen-bond donors (Lipinski definition) is 0. The molecule has 0 aliphatic carbocycles. The first kappa shape index (κ1) is 19.9. The SMILES string of the molecule is COc1ccc(-c2cc(C(=O)N3C[C@@H](C)O[C@H](C)C3)c3cc(Br)ccc3n2)cc1. The van der Waals surface area contributed by atoms with Crippen molar-refractivity contribution in [3.8, 4) is 17.0 Å². The minimum absolute atomic E-state index is 0.00672. The van der Waals surface area contributed by atoms with E-state index in [1.165, 1.54) is 0 Å². The maximum Gasteiger partial charge on any atom is 0.254 e. The molecule has 4 rings (SSSR count). The number of carbonyl (C=O) groups excluding carboxylic acids is 1. The molecule has 2 atom stereocenters. The van der Waals surface area contributed by atoms with Crippen molar-refractivity contribution in [2.75, 3.05) is 20.2 Å². The quantitative estimate of drug-likeness (QED) is 0.563. The van der Waals surface area contributed by atoms with Crippen molar-refractivity contribution in [1.29, 1.82) is 0 Å². The van der Waals surface area contributed by atoms with Gasteiger partial charge in [-0.3, -0.25) is 4.79 Å². The third-order valence-electron chi connectivity index (χ3n) is 5.09. The second-order valence-electron chi connectivity index (χ2n) is 7.41. The Bertz CT molecular complexity index is 1040. The standard InChI is InChI=1S/C23H23BrN2O3/c1-14-12-26(13-15(2)29-14)23(27)20-11-22(16-4-7-18(28-3)8-5-16)25-21-9-6-17(24)10-19(20)21/h4-11,14-15H,12-13H2,1-3H3/t14-,15-/m1/s1. The molecular formula is C23H23BrN2O3. The van der Waals surface area contributed by atoms with Gasteiger partial charge in [-0.05, 0) is 62.4 Å². The van der Waals surface area contributed by atoms with E-state index in [1.54, 1.807) is 7.11 Å². The molecule has 1 fully saturated rings. The summed E-state index contributed by atoms with van der Waals surface area (Å²) in [6, 6.07) is 15.4. The van der Waals surface area contributed by atoms with Crippen LogP contribution in [0.25, 0.3) is 22.2 Å². The molecule has 1 aromatic heterocycles. The highest BCUT2D eigenvalue weighted by Crippen LogP contribution is 2.29. The number of carbonyl (C=O) groups is 1. The lowest BCUT2D eigenvalue weighted by Gasteiger charge is -2.35. The average molecular weight is 455 g/mol. The number of pyridine rings is 1. The molecule has 0 unspecified atom stereocenters. The maximum absolute atomic E-state index is 13.5. The van der Waals surface area contributed by atoms with Crippen LogP contribution in [0.5, 0.6) is 5.75 Å². The summed E-state index contributed by atoms with van der Waals surface area (Å²) in [6.45, 7) is 5.16. The van der Waals surface area contributed by atoms with Gasteiger partial charge in [0.2, 0.25) is 0 Å². The summed E-state index contributed by atoms with van der Waals surface area (Å²) in [6.07, 6.45) is 0.0344. The van der Waals surface area contributed by atoms with Crippen molar-refractivity contribution in [3.05, 3.63) is 58.6 Å². The first-order valence-corrected chi connectivity index (χ1v) is 10.4. The predicted octanol–water partition coefficient (Wildman–Crippen LogP) is 4.92. The molecule has 3 aromatic rings. The van der Waals surface area contributed by atoms with Crippen molar-refractivity contribution in [1.82, 2.24) is 9.88 Å². The first-order valence-electron chi connectivity index (χ1n) is 9.64. The van der Waals surface area contributed by atoms with Crippen molar-refractivity contribution in [2.45, 2.75) is 26.1 Å². The number of morpholine rings is 1. The van der Waals surface area contributed by atoms with Gasteiger partial charge in [-0.1, -0.05) is 15.9 Å². The molecule has 0 saturated carbocycles. The minimum Gasteiger partial charge on any atom is -0.497 e. The highest BCUT2D eigenvalue weighted by molar-refractivity contribution is 9.10. The van der Waals surface area contributed by atoms with Gasteiger partial charge in [0.15, 0.2) is 0 Å². The summed E-state index contributed by atoms with van der Waals surface area (Å²) < 4.78 is 12.0. The number of nitrogens with zero attached hydrogens (tertiary/aromatic N) is 2. The Morgan fingerprint density at radius 2 is 1.79 bits per heavy atom. The molecule has 0 spiro atoms. The zero-order valence-electron chi connectivity index (χ0n) is 16.7. The minimum atomic E-state index is 0.00672. The molecule has 1 saturated heterocycles. The number of benzene rings is 2. The summed E-state index contributed by atoms with van der Waals surface area (Å²) in [4.78, 5) is 20.2. The van der Waals surface area contributed by atoms with E-state index in [4.69, 9.17) is 14.5 Å². The maximum atomic E-state index is 13.5. The van der Waals surface area contributed by atoms with E-state index >= 15 is 0 Å². The van der Waals surface area contributed by atoms with Gasteiger partial charge in [0.25, 0.3) is 5.91 Å². The zero-order valence-corrected chi connectivity index (χ0v) is 18.3. The van der Waals surface area contributed by atoms with Crippen LogP contribution in [0.4, 0.5) is 0 Å². The summed E-state index contributed by atoms with van der Waals surface area (Å²) in [5.41, 5.74) is 3.15. The van der Waals surface area contributed by atoms with Crippen molar-refractivity contribution >= 4 is 32.7 Å². The van der Waals surface area contributed by atoms with Crippen molar-refractivity contribution in [2.24, 2.45) is 0 Å². The number of halogens is 1. The molecule has 0 bridgehead atoms. The fraction of sp³-hybridized carbons (Fsp3) is 0.304. The third-order valence-corrected chi connectivity index (χ3v) is 5.59. The van der Waals surface area contributed by atoms with E-state index < -0.39 is 0 Å². The molecule has 2 aromatic carbocycles. The molecular weight excluding hydrogens is 432 g/mol. The van der Waals surface area contributed by atoms with Crippen molar-refractivity contribution < 1.29 is 14.3 Å². The molecule has 6 heteroatoms. The molecule has 0 N–H and O–H groups in total. The molecule has 5 nitrogen and oxygen atoms in total. The van der Waals surface area contributed by atoms with E-state index in [0.29, 0.717) is 18.7 Å². The fourth-order valence-electron chi connectivity index (χ4n) is 3.80. The van der Waals surface area contributed by atoms with Gasteiger partial charge in [-0.2, -0.15) is 0 Å². The molecule has 0 radical (unpaired) electrons. The number of ether oxygens (including phenoxy) is 2. The second-order valence-corrected chi connectivity index (χ2v) is 8.33. The summed E-state index contributed by atoms with van der Waals surface area (Å²) >= 11 is 3.52. The Hall–Kier alpha value is -2.44. The van der Waals surface area contributed by atoms with E-state index in [0.717, 1.165) is 32.4 Å². The zero-order chi connectivity index (χ0) is 20.5. The Morgan fingerprint density at radius 3 is 2.45 bits per heavy atom. The summed E-state index contributed by atoms with van der Waals surface area (Å²) in [5.74, 6) is 0.790. The van der Waals surface area contributed by atoms with E-state index in [9.17, 15) is 4.79 Å². The molecule has 1 aliphatic rings. The Morgan fingerprint density at radius 1 is 1.10 bits per heavy atom.